The summed E-state index contributed by atoms with van der Waals surface area (Å²) in [6, 6.07) is 0.288. The molecule has 5 nitrogen and oxygen atoms in total. The topological polar surface area (TPSA) is 43.9 Å². The number of hydrogen-bond donors (Lipinski definition) is 0. The molecule has 2 unspecified atom stereocenters. The number of amides is 2. The highest BCUT2D eigenvalue weighted by atomic mass is 16.2. The van der Waals surface area contributed by atoms with E-state index in [2.05, 4.69) is 11.9 Å². The number of likely N-dealkylation sites (tertiary alicyclic amines) is 1. The third-order valence-corrected chi connectivity index (χ3v) is 5.37. The van der Waals surface area contributed by atoms with Crippen molar-refractivity contribution in [1.29, 1.82) is 0 Å². The van der Waals surface area contributed by atoms with Crippen molar-refractivity contribution in [2.45, 2.75) is 57.0 Å². The van der Waals surface area contributed by atoms with Crippen LogP contribution in [0.15, 0.2) is 0 Å². The maximum atomic E-state index is 12.8. The van der Waals surface area contributed by atoms with E-state index in [4.69, 9.17) is 0 Å². The van der Waals surface area contributed by atoms with E-state index in [9.17, 15) is 9.59 Å². The number of likely N-dealkylation sites (N-methyl/N-ethyl adjacent to an activating group) is 1. The maximum Gasteiger partial charge on any atom is 0.245 e. The fraction of sp³-hybridized carbons (Fsp3) is 0.875. The summed E-state index contributed by atoms with van der Waals surface area (Å²) in [5.41, 5.74) is 0. The summed E-state index contributed by atoms with van der Waals surface area (Å²) in [6.07, 6.45) is 7.14. The van der Waals surface area contributed by atoms with Gasteiger partial charge >= 0.3 is 0 Å². The molecule has 0 N–H and O–H groups in total. The molecule has 0 aromatic heterocycles. The Kier molecular flexibility index (Phi) is 4.48. The van der Waals surface area contributed by atoms with E-state index in [1.165, 1.54) is 19.3 Å². The fourth-order valence-corrected chi connectivity index (χ4v) is 3.99. The van der Waals surface area contributed by atoms with Crippen LogP contribution in [0.2, 0.25) is 0 Å². The van der Waals surface area contributed by atoms with E-state index in [0.717, 1.165) is 38.9 Å². The number of piperidine rings is 2. The normalized spacial score (nSPS) is 32.0. The van der Waals surface area contributed by atoms with Crippen molar-refractivity contribution < 1.29 is 9.59 Å². The Morgan fingerprint density at radius 2 is 1.76 bits per heavy atom. The lowest BCUT2D eigenvalue weighted by atomic mass is 10.00. The molecular formula is C16H27N3O2. The Bertz CT molecular complexity index is 412. The smallest absolute Gasteiger partial charge is 0.245 e. The zero-order valence-corrected chi connectivity index (χ0v) is 13.1. The van der Waals surface area contributed by atoms with Gasteiger partial charge in [0.25, 0.3) is 0 Å². The lowest BCUT2D eigenvalue weighted by molar-refractivity contribution is -0.143. The van der Waals surface area contributed by atoms with E-state index in [0.29, 0.717) is 19.0 Å². The van der Waals surface area contributed by atoms with Crippen molar-refractivity contribution in [1.82, 2.24) is 14.7 Å². The molecule has 0 aliphatic carbocycles. The van der Waals surface area contributed by atoms with E-state index in [1.54, 1.807) is 0 Å². The molecule has 0 bridgehead atoms. The van der Waals surface area contributed by atoms with Gasteiger partial charge in [-0.15, -0.1) is 0 Å². The zero-order valence-electron chi connectivity index (χ0n) is 13.1. The van der Waals surface area contributed by atoms with Gasteiger partial charge in [-0.05, 0) is 45.7 Å². The first kappa shape index (κ1) is 14.8. The molecule has 0 saturated carbocycles. The third kappa shape index (κ3) is 3.07. The van der Waals surface area contributed by atoms with Crippen molar-refractivity contribution in [3.05, 3.63) is 0 Å². The van der Waals surface area contributed by atoms with E-state index in [1.807, 2.05) is 9.80 Å². The van der Waals surface area contributed by atoms with Gasteiger partial charge in [0.1, 0.15) is 6.04 Å². The Balaban J connectivity index is 1.70. The largest absolute Gasteiger partial charge is 0.339 e. The van der Waals surface area contributed by atoms with Crippen molar-refractivity contribution in [2.24, 2.45) is 0 Å². The maximum absolute atomic E-state index is 12.8. The first-order valence-electron chi connectivity index (χ1n) is 8.45. The third-order valence-electron chi connectivity index (χ3n) is 5.37. The van der Waals surface area contributed by atoms with E-state index < -0.39 is 0 Å². The minimum atomic E-state index is -0.178. The van der Waals surface area contributed by atoms with Gasteiger partial charge in [0.05, 0.1) is 0 Å². The van der Waals surface area contributed by atoms with Gasteiger partial charge in [-0.1, -0.05) is 6.42 Å². The summed E-state index contributed by atoms with van der Waals surface area (Å²) in [7, 11) is 2.16. The van der Waals surface area contributed by atoms with Crippen molar-refractivity contribution in [3.8, 4) is 0 Å². The van der Waals surface area contributed by atoms with Crippen molar-refractivity contribution in [3.63, 3.8) is 0 Å². The zero-order chi connectivity index (χ0) is 14.8. The second kappa shape index (κ2) is 6.34. The minimum absolute atomic E-state index is 0.174. The Morgan fingerprint density at radius 3 is 2.57 bits per heavy atom. The number of carbonyl (C=O) groups excluding carboxylic acids is 2. The molecule has 3 heterocycles. The van der Waals surface area contributed by atoms with Crippen LogP contribution < -0.4 is 0 Å². The summed E-state index contributed by atoms with van der Waals surface area (Å²) in [4.78, 5) is 31.2. The molecule has 118 valence electrons. The molecule has 3 saturated heterocycles. The van der Waals surface area contributed by atoms with E-state index >= 15 is 0 Å². The van der Waals surface area contributed by atoms with Gasteiger partial charge in [0.2, 0.25) is 11.8 Å². The monoisotopic (exact) mass is 293 g/mol. The number of carbonyl (C=O) groups is 2. The van der Waals surface area contributed by atoms with Crippen LogP contribution in [0.4, 0.5) is 0 Å². The summed E-state index contributed by atoms with van der Waals surface area (Å²) in [5.74, 6) is 0.368. The number of rotatable bonds is 2. The SMILES string of the molecule is CN1CCCCC1CN1CCC(=O)N2CCCCC2C1=O. The highest BCUT2D eigenvalue weighted by Gasteiger charge is 2.38. The molecule has 2 amide bonds. The van der Waals surface area contributed by atoms with Crippen LogP contribution in [0.5, 0.6) is 0 Å². The van der Waals surface area contributed by atoms with E-state index in [-0.39, 0.29) is 17.9 Å². The van der Waals surface area contributed by atoms with Gasteiger partial charge in [-0.3, -0.25) is 9.59 Å². The molecule has 0 radical (unpaired) electrons. The molecule has 3 aliphatic heterocycles. The average Bonchev–Trinajstić information content (AvgIpc) is 2.62. The van der Waals surface area contributed by atoms with Gasteiger partial charge in [0.15, 0.2) is 0 Å². The van der Waals surface area contributed by atoms with Crippen LogP contribution in [-0.4, -0.2) is 71.8 Å². The van der Waals surface area contributed by atoms with Crippen LogP contribution in [-0.2, 0) is 9.59 Å². The molecule has 3 fully saturated rings. The minimum Gasteiger partial charge on any atom is -0.339 e. The summed E-state index contributed by atoms with van der Waals surface area (Å²) in [6.45, 7) is 3.30. The molecule has 21 heavy (non-hydrogen) atoms. The highest BCUT2D eigenvalue weighted by Crippen LogP contribution is 2.24. The quantitative estimate of drug-likeness (QED) is 0.765. The second-order valence-corrected chi connectivity index (χ2v) is 6.76. The number of nitrogens with zero attached hydrogens (tertiary/aromatic N) is 3. The average molecular weight is 293 g/mol. The summed E-state index contributed by atoms with van der Waals surface area (Å²) in [5, 5.41) is 0. The first-order valence-corrected chi connectivity index (χ1v) is 8.45. The Labute approximate surface area is 127 Å². The molecule has 2 atom stereocenters. The number of fused-ring (bicyclic) bond motifs is 1. The Hall–Kier alpha value is -1.10. The first-order chi connectivity index (χ1) is 10.2. The van der Waals surface area contributed by atoms with Gasteiger partial charge in [-0.2, -0.15) is 0 Å². The van der Waals surface area contributed by atoms with Gasteiger partial charge in [-0.25, -0.2) is 0 Å². The van der Waals surface area contributed by atoms with Crippen molar-refractivity contribution >= 4 is 11.8 Å². The van der Waals surface area contributed by atoms with Crippen LogP contribution in [0, 0.1) is 0 Å². The van der Waals surface area contributed by atoms with Crippen LogP contribution in [0.3, 0.4) is 0 Å². The fourth-order valence-electron chi connectivity index (χ4n) is 3.99. The molecular weight excluding hydrogens is 266 g/mol. The van der Waals surface area contributed by atoms with Gasteiger partial charge in [0, 0.05) is 32.1 Å². The van der Waals surface area contributed by atoms with Crippen LogP contribution >= 0.6 is 0 Å². The molecule has 3 aliphatic rings. The molecule has 0 spiro atoms. The molecule has 0 aromatic rings. The lowest BCUT2D eigenvalue weighted by Gasteiger charge is -2.38. The van der Waals surface area contributed by atoms with Crippen LogP contribution in [0.25, 0.3) is 0 Å². The molecule has 5 heteroatoms. The Morgan fingerprint density at radius 1 is 1.00 bits per heavy atom. The molecule has 3 rings (SSSR count). The summed E-state index contributed by atoms with van der Waals surface area (Å²) >= 11 is 0. The van der Waals surface area contributed by atoms with Gasteiger partial charge < -0.3 is 14.7 Å². The lowest BCUT2D eigenvalue weighted by Crippen LogP contribution is -2.52. The molecule has 0 aromatic carbocycles. The number of hydrogen-bond acceptors (Lipinski definition) is 3. The highest BCUT2D eigenvalue weighted by molar-refractivity contribution is 5.90. The predicted molar refractivity (Wildman–Crippen MR) is 80.8 cm³/mol. The second-order valence-electron chi connectivity index (χ2n) is 6.76. The summed E-state index contributed by atoms with van der Waals surface area (Å²) < 4.78 is 0. The van der Waals surface area contributed by atoms with Crippen LogP contribution in [0.1, 0.15) is 44.9 Å². The standard InChI is InChI=1S/C16H27N3O2/c1-17-9-4-2-6-13(17)12-18-11-8-15(20)19-10-5-3-7-14(19)16(18)21/h13-14H,2-12H2,1H3. The van der Waals surface area contributed by atoms with Crippen molar-refractivity contribution in [2.75, 3.05) is 33.2 Å². The predicted octanol–water partition coefficient (Wildman–Crippen LogP) is 1.08.